The highest BCUT2D eigenvalue weighted by Gasteiger charge is 2.30. The third-order valence-corrected chi connectivity index (χ3v) is 7.74. The average Bonchev–Trinajstić information content (AvgIpc) is 3.15. The van der Waals surface area contributed by atoms with Crippen LogP contribution in [0.4, 0.5) is 0 Å². The first-order valence-electron chi connectivity index (χ1n) is 10.2. The lowest BCUT2D eigenvalue weighted by Crippen LogP contribution is -2.54. The summed E-state index contributed by atoms with van der Waals surface area (Å²) in [5.41, 5.74) is 5.71. The molecule has 0 saturated carbocycles. The lowest BCUT2D eigenvalue weighted by Gasteiger charge is -2.23. The third kappa shape index (κ3) is 5.40. The summed E-state index contributed by atoms with van der Waals surface area (Å²) in [5, 5.41) is 0. The molecule has 174 valence electrons. The second-order valence-corrected chi connectivity index (χ2v) is 10.5. The van der Waals surface area contributed by atoms with Crippen LogP contribution in [0, 0.1) is 12.8 Å². The highest BCUT2D eigenvalue weighted by Crippen LogP contribution is 2.32. The van der Waals surface area contributed by atoms with Gasteiger partial charge in [-0.25, -0.2) is 8.42 Å². The SMILES string of the molecule is CCc1sc(C(=O)NNC(=O)[C@@H](NS(=O)(=O)c2ccc3c(c2)OCCO3)C(C)C)cc1C. The summed E-state index contributed by atoms with van der Waals surface area (Å²) >= 11 is 1.36. The maximum Gasteiger partial charge on any atom is 0.279 e. The van der Waals surface area contributed by atoms with Crippen molar-refractivity contribution < 1.29 is 27.5 Å². The fourth-order valence-corrected chi connectivity index (χ4v) is 5.53. The number of aryl methyl sites for hydroxylation is 2. The van der Waals surface area contributed by atoms with Crippen LogP contribution in [0.25, 0.3) is 0 Å². The molecule has 2 aromatic rings. The van der Waals surface area contributed by atoms with E-state index in [1.165, 1.54) is 29.5 Å². The average molecular weight is 482 g/mol. The second-order valence-electron chi connectivity index (χ2n) is 7.66. The van der Waals surface area contributed by atoms with E-state index < -0.39 is 27.9 Å². The molecule has 1 aromatic heterocycles. The number of ether oxygens (including phenoxy) is 2. The van der Waals surface area contributed by atoms with E-state index in [0.29, 0.717) is 29.6 Å². The molecule has 2 amide bonds. The van der Waals surface area contributed by atoms with E-state index in [1.807, 2.05) is 13.8 Å². The van der Waals surface area contributed by atoms with Gasteiger partial charge in [0.2, 0.25) is 10.0 Å². The normalized spacial score (nSPS) is 14.2. The van der Waals surface area contributed by atoms with Crippen molar-refractivity contribution >= 4 is 33.2 Å². The summed E-state index contributed by atoms with van der Waals surface area (Å²) in [6.07, 6.45) is 0.813. The number of hydrogen-bond donors (Lipinski definition) is 3. The van der Waals surface area contributed by atoms with Gasteiger partial charge in [0.1, 0.15) is 19.3 Å². The van der Waals surface area contributed by atoms with E-state index >= 15 is 0 Å². The van der Waals surface area contributed by atoms with E-state index in [9.17, 15) is 18.0 Å². The Labute approximate surface area is 191 Å². The Balaban J connectivity index is 1.68. The number of amides is 2. The molecule has 32 heavy (non-hydrogen) atoms. The highest BCUT2D eigenvalue weighted by molar-refractivity contribution is 7.89. The number of sulfonamides is 1. The topological polar surface area (TPSA) is 123 Å². The molecule has 9 nitrogen and oxygen atoms in total. The summed E-state index contributed by atoms with van der Waals surface area (Å²) in [4.78, 5) is 26.6. The Morgan fingerprint density at radius 3 is 2.41 bits per heavy atom. The van der Waals surface area contributed by atoms with Gasteiger partial charge >= 0.3 is 0 Å². The Morgan fingerprint density at radius 1 is 1.09 bits per heavy atom. The highest BCUT2D eigenvalue weighted by atomic mass is 32.2. The molecule has 11 heteroatoms. The van der Waals surface area contributed by atoms with Gasteiger partial charge < -0.3 is 9.47 Å². The summed E-state index contributed by atoms with van der Waals surface area (Å²) < 4.78 is 39.1. The number of benzene rings is 1. The van der Waals surface area contributed by atoms with E-state index in [2.05, 4.69) is 15.6 Å². The van der Waals surface area contributed by atoms with E-state index in [-0.39, 0.29) is 10.8 Å². The van der Waals surface area contributed by atoms with Gasteiger partial charge in [-0.2, -0.15) is 4.72 Å². The zero-order valence-corrected chi connectivity index (χ0v) is 20.0. The van der Waals surface area contributed by atoms with E-state index in [0.717, 1.165) is 16.9 Å². The molecule has 1 aliphatic heterocycles. The fourth-order valence-electron chi connectivity index (χ4n) is 3.16. The van der Waals surface area contributed by atoms with Crippen LogP contribution in [-0.4, -0.2) is 39.5 Å². The molecule has 3 rings (SSSR count). The zero-order chi connectivity index (χ0) is 23.5. The van der Waals surface area contributed by atoms with E-state index in [1.54, 1.807) is 19.9 Å². The summed E-state index contributed by atoms with van der Waals surface area (Å²) in [7, 11) is -4.04. The summed E-state index contributed by atoms with van der Waals surface area (Å²) in [6, 6.07) is 4.91. The lowest BCUT2D eigenvalue weighted by molar-refractivity contribution is -0.124. The first kappa shape index (κ1) is 24.0. The minimum absolute atomic E-state index is 0.0506. The molecule has 0 unspecified atom stereocenters. The van der Waals surface area contributed by atoms with Crippen LogP contribution in [0.3, 0.4) is 0 Å². The number of rotatable bonds is 7. The second kappa shape index (κ2) is 9.88. The van der Waals surface area contributed by atoms with Gasteiger partial charge in [0, 0.05) is 10.9 Å². The van der Waals surface area contributed by atoms with Crippen LogP contribution >= 0.6 is 11.3 Å². The first-order chi connectivity index (χ1) is 15.1. The van der Waals surface area contributed by atoms with Crippen LogP contribution in [0.15, 0.2) is 29.2 Å². The number of carbonyl (C=O) groups is 2. The predicted octanol–water partition coefficient (Wildman–Crippen LogP) is 2.15. The smallest absolute Gasteiger partial charge is 0.279 e. The maximum atomic E-state index is 12.9. The van der Waals surface area contributed by atoms with Crippen molar-refractivity contribution in [1.29, 1.82) is 0 Å². The molecule has 0 spiro atoms. The largest absolute Gasteiger partial charge is 0.486 e. The monoisotopic (exact) mass is 481 g/mol. The molecule has 0 fully saturated rings. The van der Waals surface area contributed by atoms with Crippen LogP contribution in [0.5, 0.6) is 11.5 Å². The van der Waals surface area contributed by atoms with Gasteiger partial charge in [-0.05, 0) is 43.0 Å². The van der Waals surface area contributed by atoms with Gasteiger partial charge in [0.15, 0.2) is 11.5 Å². The van der Waals surface area contributed by atoms with Crippen molar-refractivity contribution in [3.63, 3.8) is 0 Å². The molecule has 2 heterocycles. The zero-order valence-electron chi connectivity index (χ0n) is 18.4. The molecule has 0 saturated heterocycles. The molecule has 3 N–H and O–H groups in total. The van der Waals surface area contributed by atoms with Crippen molar-refractivity contribution in [2.45, 2.75) is 45.1 Å². The van der Waals surface area contributed by atoms with Crippen LogP contribution in [-0.2, 0) is 21.2 Å². The number of hydrazine groups is 1. The van der Waals surface area contributed by atoms with Crippen molar-refractivity contribution in [2.24, 2.45) is 5.92 Å². The Hall–Kier alpha value is -2.63. The van der Waals surface area contributed by atoms with Crippen molar-refractivity contribution in [2.75, 3.05) is 13.2 Å². The van der Waals surface area contributed by atoms with Crippen molar-refractivity contribution in [3.8, 4) is 11.5 Å². The third-order valence-electron chi connectivity index (χ3n) is 4.92. The lowest BCUT2D eigenvalue weighted by atomic mass is 10.1. The van der Waals surface area contributed by atoms with Gasteiger partial charge in [-0.1, -0.05) is 20.8 Å². The molecule has 0 aliphatic carbocycles. The van der Waals surface area contributed by atoms with Crippen molar-refractivity contribution in [3.05, 3.63) is 39.6 Å². The van der Waals surface area contributed by atoms with Gasteiger partial charge in [-0.3, -0.25) is 20.4 Å². The molecular formula is C21H27N3O6S2. The minimum atomic E-state index is -4.04. The first-order valence-corrected chi connectivity index (χ1v) is 12.5. The molecule has 1 aliphatic rings. The fraction of sp³-hybridized carbons (Fsp3) is 0.429. The Bertz CT molecular complexity index is 1110. The molecule has 0 radical (unpaired) electrons. The van der Waals surface area contributed by atoms with Gasteiger partial charge in [0.05, 0.1) is 9.77 Å². The van der Waals surface area contributed by atoms with Crippen LogP contribution in [0.1, 0.15) is 40.9 Å². The molecule has 1 atom stereocenters. The standard InChI is InChI=1S/C21H27N3O6S2/c1-5-17-13(4)10-18(31-17)20(25)22-23-21(26)19(12(2)3)24-32(27,28)14-6-7-15-16(11-14)30-9-8-29-15/h6-7,10-12,19,24H,5,8-9H2,1-4H3,(H,22,25)(H,23,26)/t19-/m0/s1. The van der Waals surface area contributed by atoms with Crippen molar-refractivity contribution in [1.82, 2.24) is 15.6 Å². The minimum Gasteiger partial charge on any atom is -0.486 e. The molecular weight excluding hydrogens is 454 g/mol. The Kier molecular flexibility index (Phi) is 7.42. The number of hydrogen-bond acceptors (Lipinski definition) is 7. The van der Waals surface area contributed by atoms with Crippen LogP contribution < -0.4 is 25.0 Å². The van der Waals surface area contributed by atoms with E-state index in [4.69, 9.17) is 9.47 Å². The molecule has 1 aromatic carbocycles. The number of fused-ring (bicyclic) bond motifs is 1. The predicted molar refractivity (Wildman–Crippen MR) is 120 cm³/mol. The number of carbonyl (C=O) groups excluding carboxylic acids is 2. The molecule has 0 bridgehead atoms. The maximum absolute atomic E-state index is 12.9. The van der Waals surface area contributed by atoms with Gasteiger partial charge in [-0.15, -0.1) is 11.3 Å². The Morgan fingerprint density at radius 2 is 1.78 bits per heavy atom. The number of thiophene rings is 1. The quantitative estimate of drug-likeness (QED) is 0.521. The van der Waals surface area contributed by atoms with Gasteiger partial charge in [0.25, 0.3) is 11.8 Å². The number of nitrogens with one attached hydrogen (secondary N) is 3. The van der Waals surface area contributed by atoms with Crippen LogP contribution in [0.2, 0.25) is 0 Å². The summed E-state index contributed by atoms with van der Waals surface area (Å²) in [5.74, 6) is -0.711. The summed E-state index contributed by atoms with van der Waals surface area (Å²) in [6.45, 7) is 8.05.